The fourth-order valence-corrected chi connectivity index (χ4v) is 1.01. The van der Waals surface area contributed by atoms with Crippen LogP contribution in [0.5, 0.6) is 0 Å². The minimum atomic E-state index is -3.74. The summed E-state index contributed by atoms with van der Waals surface area (Å²) in [5, 5.41) is 8.42. The summed E-state index contributed by atoms with van der Waals surface area (Å²) < 4.78 is 32.0. The first kappa shape index (κ1) is 25.2. The number of carboxylic acid groups (broad SMARTS) is 1. The maximum Gasteiger partial charge on any atom is 1.00 e. The van der Waals surface area contributed by atoms with Gasteiger partial charge in [0.25, 0.3) is 10.1 Å². The summed E-state index contributed by atoms with van der Waals surface area (Å²) in [4.78, 5) is 20.9. The van der Waals surface area contributed by atoms with Gasteiger partial charge in [0.2, 0.25) is 0 Å². The van der Waals surface area contributed by atoms with Crippen molar-refractivity contribution < 1.29 is 83.8 Å². The van der Waals surface area contributed by atoms with E-state index in [-0.39, 0.29) is 70.2 Å². The van der Waals surface area contributed by atoms with E-state index in [0.29, 0.717) is 0 Å². The topological polar surface area (TPSA) is 118 Å². The summed E-state index contributed by atoms with van der Waals surface area (Å²) in [6, 6.07) is 0. The molecule has 0 amide bonds. The van der Waals surface area contributed by atoms with Crippen LogP contribution < -0.4 is 51.4 Å². The molecular weight excluding hydrogens is 315 g/mol. The maximum atomic E-state index is 10.7. The van der Waals surface area contributed by atoms with E-state index >= 15 is 0 Å². The van der Waals surface area contributed by atoms with Gasteiger partial charge in [-0.15, -0.1) is 0 Å². The number of carbonyl (C=O) groups excluding carboxylic acids is 1. The van der Waals surface area contributed by atoms with Crippen LogP contribution in [-0.2, 0) is 24.4 Å². The third-order valence-corrected chi connectivity index (χ3v) is 2.41. The molecule has 0 aliphatic carbocycles. The van der Waals surface area contributed by atoms with Gasteiger partial charge in [0.05, 0.1) is 5.92 Å². The van der Waals surface area contributed by atoms with Crippen LogP contribution in [0.1, 0.15) is 20.3 Å². The summed E-state index contributed by atoms with van der Waals surface area (Å²) in [6.07, 6.45) is 3.00. The first-order valence-electron chi connectivity index (χ1n) is 5.40. The summed E-state index contributed by atoms with van der Waals surface area (Å²) in [5.74, 6) is -2.37. The Hall–Kier alpha value is 0.226. The average Bonchev–Trinajstić information content (AvgIpc) is 2.25. The van der Waals surface area contributed by atoms with Gasteiger partial charge in [-0.1, -0.05) is 6.08 Å². The molecule has 2 N–H and O–H groups in total. The molecule has 0 aromatic heterocycles. The molecule has 0 aliphatic rings. The minimum absolute atomic E-state index is 0. The number of aliphatic carboxylic acids is 1. The number of allylic oxidation sites excluding steroid dienone is 1. The van der Waals surface area contributed by atoms with E-state index in [1.54, 1.807) is 6.92 Å². The van der Waals surface area contributed by atoms with E-state index in [4.69, 9.17) is 9.66 Å². The van der Waals surface area contributed by atoms with Crippen LogP contribution in [0.15, 0.2) is 12.2 Å². The van der Waals surface area contributed by atoms with Gasteiger partial charge in [0.15, 0.2) is 0 Å². The second-order valence-electron chi connectivity index (χ2n) is 3.51. The van der Waals surface area contributed by atoms with Crippen molar-refractivity contribution in [1.82, 2.24) is 0 Å². The third kappa shape index (κ3) is 20.5. The largest absolute Gasteiger partial charge is 1.00 e. The van der Waals surface area contributed by atoms with Gasteiger partial charge in [-0.05, 0) is 13.8 Å². The monoisotopic (exact) mass is 334 g/mol. The Kier molecular flexibility index (Phi) is 17.9. The number of ether oxygens (including phenoxy) is 1. The van der Waals surface area contributed by atoms with Gasteiger partial charge in [0.1, 0.15) is 6.61 Å². The smallest absolute Gasteiger partial charge is 0.481 e. The van der Waals surface area contributed by atoms with Crippen molar-refractivity contribution in [3.63, 3.8) is 0 Å². The normalized spacial score (nSPS) is 11.8. The quantitative estimate of drug-likeness (QED) is 0.188. The number of carboxylic acids is 1. The van der Waals surface area contributed by atoms with Gasteiger partial charge in [0, 0.05) is 11.8 Å². The zero-order valence-corrected chi connectivity index (χ0v) is 15.8. The number of rotatable bonds is 6. The van der Waals surface area contributed by atoms with Crippen molar-refractivity contribution in [2.75, 3.05) is 12.4 Å². The van der Waals surface area contributed by atoms with E-state index < -0.39 is 28.0 Å². The van der Waals surface area contributed by atoms with Crippen LogP contribution in [0, 0.1) is 12.8 Å². The van der Waals surface area contributed by atoms with Crippen LogP contribution >= 0.6 is 0 Å². The Labute approximate surface area is 161 Å². The maximum absolute atomic E-state index is 10.7. The van der Waals surface area contributed by atoms with E-state index in [1.165, 1.54) is 19.1 Å². The van der Waals surface area contributed by atoms with E-state index in [2.05, 4.69) is 11.7 Å². The zero-order chi connectivity index (χ0) is 15.5. The molecule has 0 spiro atoms. The van der Waals surface area contributed by atoms with Crippen molar-refractivity contribution in [2.24, 2.45) is 5.92 Å². The number of esters is 1. The summed E-state index contributed by atoms with van der Waals surface area (Å²) >= 11 is 0. The van der Waals surface area contributed by atoms with Gasteiger partial charge in [-0.3, -0.25) is 9.35 Å². The van der Waals surface area contributed by atoms with Crippen LogP contribution in [-0.4, -0.2) is 42.4 Å². The Bertz CT molecular complexity index is 403. The Morgan fingerprint density at radius 2 is 1.90 bits per heavy atom. The summed E-state index contributed by atoms with van der Waals surface area (Å²) in [6.45, 7) is 6.31. The molecule has 112 valence electrons. The van der Waals surface area contributed by atoms with Crippen LogP contribution in [0.4, 0.5) is 0 Å². The van der Waals surface area contributed by atoms with Crippen LogP contribution in [0.3, 0.4) is 0 Å². The van der Waals surface area contributed by atoms with Crippen LogP contribution in [0.2, 0.25) is 0 Å². The minimum Gasteiger partial charge on any atom is -0.481 e. The predicted molar refractivity (Wildman–Crippen MR) is 69.0 cm³/mol. The Morgan fingerprint density at radius 1 is 1.40 bits per heavy atom. The Balaban J connectivity index is -0.000000312. The summed E-state index contributed by atoms with van der Waals surface area (Å²) in [7, 11) is -3.74. The average molecular weight is 334 g/mol. The molecule has 1 unspecified atom stereocenters. The van der Waals surface area contributed by atoms with Gasteiger partial charge < -0.3 is 16.8 Å². The van der Waals surface area contributed by atoms with Crippen LogP contribution in [0.25, 0.3) is 0 Å². The van der Waals surface area contributed by atoms with Gasteiger partial charge in [-0.2, -0.15) is 14.8 Å². The summed E-state index contributed by atoms with van der Waals surface area (Å²) in [5.41, 5.74) is 0. The molecule has 1 atom stereocenters. The molecule has 0 rings (SSSR count). The van der Waals surface area contributed by atoms with E-state index in [9.17, 15) is 18.0 Å². The van der Waals surface area contributed by atoms with Gasteiger partial charge in [-0.25, -0.2) is 4.79 Å². The first-order valence-corrected chi connectivity index (χ1v) is 7.01. The third-order valence-electron chi connectivity index (χ3n) is 1.60. The first-order chi connectivity index (χ1) is 8.64. The molecular formula is C11H19KO7S. The molecule has 0 radical (unpaired) electrons. The molecule has 0 bridgehead atoms. The SMILES string of the molecule is CC=CC(=O)OCC(C)C(=O)O.[CH2-]CCS(=O)(=O)O.[K+]. The molecule has 0 fully saturated rings. The van der Waals surface area contributed by atoms with E-state index in [1.807, 2.05) is 0 Å². The van der Waals surface area contributed by atoms with Crippen molar-refractivity contribution in [1.29, 1.82) is 0 Å². The molecule has 0 aromatic carbocycles. The molecule has 0 aliphatic heterocycles. The fourth-order valence-electron chi connectivity index (χ4n) is 0.645. The standard InChI is InChI=1S/C8H12O4.C3H7O3S.K/c1-3-4-7(9)12-5-6(2)8(10)11;1-2-3-7(4,5)6;/h3-4,6H,5H2,1-2H3,(H,10,11);1-3H2,(H,4,5,6);/q;-1;+1. The fraction of sp³-hybridized carbons (Fsp3) is 0.545. The number of hydrogen-bond acceptors (Lipinski definition) is 5. The van der Waals surface area contributed by atoms with Gasteiger partial charge >= 0.3 is 63.3 Å². The molecule has 0 saturated carbocycles. The van der Waals surface area contributed by atoms with Crippen molar-refractivity contribution in [3.05, 3.63) is 19.1 Å². The number of hydrogen-bond donors (Lipinski definition) is 2. The predicted octanol–water partition coefficient (Wildman–Crippen LogP) is -2.07. The molecule has 7 nitrogen and oxygen atoms in total. The second kappa shape index (κ2) is 14.2. The number of carbonyl (C=O) groups is 2. The van der Waals surface area contributed by atoms with Crippen molar-refractivity contribution in [3.8, 4) is 0 Å². The zero-order valence-electron chi connectivity index (χ0n) is 11.9. The molecule has 20 heavy (non-hydrogen) atoms. The molecule has 0 saturated heterocycles. The molecule has 9 heteroatoms. The second-order valence-corrected chi connectivity index (χ2v) is 5.08. The van der Waals surface area contributed by atoms with E-state index in [0.717, 1.165) is 0 Å². The molecule has 0 heterocycles. The van der Waals surface area contributed by atoms with Crippen molar-refractivity contribution >= 4 is 22.1 Å². The van der Waals surface area contributed by atoms with Crippen molar-refractivity contribution in [2.45, 2.75) is 20.3 Å². The molecule has 0 aromatic rings. The Morgan fingerprint density at radius 3 is 2.15 bits per heavy atom.